The molecular formula is C18H19ClFN3O3. The molecule has 0 spiro atoms. The van der Waals surface area contributed by atoms with E-state index in [0.717, 1.165) is 5.56 Å². The third-order valence-corrected chi connectivity index (χ3v) is 4.17. The van der Waals surface area contributed by atoms with Gasteiger partial charge in [0.05, 0.1) is 11.5 Å². The third-order valence-electron chi connectivity index (χ3n) is 3.81. The van der Waals surface area contributed by atoms with Gasteiger partial charge in [0.2, 0.25) is 5.91 Å². The van der Waals surface area contributed by atoms with Gasteiger partial charge in [-0.1, -0.05) is 23.7 Å². The van der Waals surface area contributed by atoms with Crippen molar-refractivity contribution in [1.82, 2.24) is 10.2 Å². The summed E-state index contributed by atoms with van der Waals surface area (Å²) in [6, 6.07) is 8.88. The number of hydrogen-bond donors (Lipinski definition) is 1. The van der Waals surface area contributed by atoms with Crippen molar-refractivity contribution in [3.05, 3.63) is 74.0 Å². The molecule has 0 aliphatic rings. The number of rotatable bonds is 7. The van der Waals surface area contributed by atoms with Crippen molar-refractivity contribution >= 4 is 23.2 Å². The Morgan fingerprint density at radius 1 is 1.31 bits per heavy atom. The summed E-state index contributed by atoms with van der Waals surface area (Å²) >= 11 is 6.07. The maximum absolute atomic E-state index is 13.2. The van der Waals surface area contributed by atoms with Crippen molar-refractivity contribution in [1.29, 1.82) is 0 Å². The average molecular weight is 380 g/mol. The number of nitrogens with one attached hydrogen (secondary N) is 1. The number of non-ortho nitro benzene ring substituents is 1. The second kappa shape index (κ2) is 8.73. The molecule has 0 bridgehead atoms. The van der Waals surface area contributed by atoms with E-state index in [4.69, 9.17) is 11.6 Å². The van der Waals surface area contributed by atoms with E-state index in [1.165, 1.54) is 24.3 Å². The summed E-state index contributed by atoms with van der Waals surface area (Å²) in [6.45, 7) is 2.35. The van der Waals surface area contributed by atoms with Crippen LogP contribution in [0.1, 0.15) is 16.7 Å². The van der Waals surface area contributed by atoms with Gasteiger partial charge in [-0.15, -0.1) is 0 Å². The number of benzene rings is 2. The Morgan fingerprint density at radius 2 is 2.04 bits per heavy atom. The summed E-state index contributed by atoms with van der Waals surface area (Å²) in [6.07, 6.45) is 0. The molecule has 1 amide bonds. The van der Waals surface area contributed by atoms with Crippen molar-refractivity contribution in [2.45, 2.75) is 20.0 Å². The summed E-state index contributed by atoms with van der Waals surface area (Å²) in [7, 11) is 1.72. The highest BCUT2D eigenvalue weighted by Crippen LogP contribution is 2.23. The average Bonchev–Trinajstić information content (AvgIpc) is 2.57. The van der Waals surface area contributed by atoms with Crippen LogP contribution >= 0.6 is 11.6 Å². The maximum atomic E-state index is 13.2. The number of carbonyl (C=O) groups excluding carboxylic acids is 1. The molecule has 0 saturated carbocycles. The van der Waals surface area contributed by atoms with Crippen LogP contribution in [0.25, 0.3) is 0 Å². The Bertz CT molecular complexity index is 829. The van der Waals surface area contributed by atoms with Crippen LogP contribution < -0.4 is 5.32 Å². The predicted octanol–water partition coefficient (Wildman–Crippen LogP) is 3.44. The van der Waals surface area contributed by atoms with E-state index < -0.39 is 4.92 Å². The van der Waals surface area contributed by atoms with E-state index in [9.17, 15) is 19.3 Å². The second-order valence-corrected chi connectivity index (χ2v) is 6.47. The number of nitro benzene ring substituents is 1. The molecule has 0 saturated heterocycles. The lowest BCUT2D eigenvalue weighted by Crippen LogP contribution is -2.34. The first-order chi connectivity index (χ1) is 12.3. The Balaban J connectivity index is 1.90. The molecular weight excluding hydrogens is 361 g/mol. The Morgan fingerprint density at radius 3 is 2.69 bits per heavy atom. The van der Waals surface area contributed by atoms with Gasteiger partial charge in [-0.2, -0.15) is 0 Å². The predicted molar refractivity (Wildman–Crippen MR) is 97.4 cm³/mol. The van der Waals surface area contributed by atoms with Crippen LogP contribution in [-0.2, 0) is 17.9 Å². The van der Waals surface area contributed by atoms with Gasteiger partial charge in [-0.3, -0.25) is 19.8 Å². The Kier molecular flexibility index (Phi) is 6.65. The molecule has 1 N–H and O–H groups in total. The van der Waals surface area contributed by atoms with Gasteiger partial charge in [0.25, 0.3) is 5.69 Å². The molecule has 0 aliphatic heterocycles. The fourth-order valence-electron chi connectivity index (χ4n) is 2.46. The number of hydrogen-bond acceptors (Lipinski definition) is 4. The van der Waals surface area contributed by atoms with E-state index in [1.54, 1.807) is 31.0 Å². The Hall–Kier alpha value is -2.51. The normalized spacial score (nSPS) is 10.8. The molecule has 0 unspecified atom stereocenters. The van der Waals surface area contributed by atoms with Crippen molar-refractivity contribution in [3.63, 3.8) is 0 Å². The van der Waals surface area contributed by atoms with Gasteiger partial charge in [0.15, 0.2) is 0 Å². The van der Waals surface area contributed by atoms with Gasteiger partial charge >= 0.3 is 0 Å². The molecule has 2 rings (SSSR count). The van der Waals surface area contributed by atoms with Gasteiger partial charge in [0.1, 0.15) is 5.82 Å². The van der Waals surface area contributed by atoms with E-state index >= 15 is 0 Å². The second-order valence-electron chi connectivity index (χ2n) is 6.07. The van der Waals surface area contributed by atoms with Gasteiger partial charge in [-0.25, -0.2) is 4.39 Å². The van der Waals surface area contributed by atoms with Crippen molar-refractivity contribution < 1.29 is 14.1 Å². The number of amides is 1. The van der Waals surface area contributed by atoms with Gasteiger partial charge in [-0.05, 0) is 42.8 Å². The van der Waals surface area contributed by atoms with Crippen LogP contribution in [0.5, 0.6) is 0 Å². The highest BCUT2D eigenvalue weighted by Gasteiger charge is 2.13. The minimum absolute atomic E-state index is 0.0473. The van der Waals surface area contributed by atoms with Crippen LogP contribution in [-0.4, -0.2) is 29.3 Å². The molecule has 0 atom stereocenters. The first-order valence-electron chi connectivity index (χ1n) is 7.89. The fraction of sp³-hybridized carbons (Fsp3) is 0.278. The molecule has 2 aromatic carbocycles. The summed E-state index contributed by atoms with van der Waals surface area (Å²) < 4.78 is 13.2. The smallest absolute Gasteiger partial charge is 0.269 e. The highest BCUT2D eigenvalue weighted by molar-refractivity contribution is 6.31. The monoisotopic (exact) mass is 379 g/mol. The van der Waals surface area contributed by atoms with E-state index in [2.05, 4.69) is 5.32 Å². The minimum atomic E-state index is -0.489. The topological polar surface area (TPSA) is 75.5 Å². The van der Waals surface area contributed by atoms with Crippen LogP contribution in [0.3, 0.4) is 0 Å². The molecule has 0 radical (unpaired) electrons. The van der Waals surface area contributed by atoms with Crippen molar-refractivity contribution in [2.24, 2.45) is 0 Å². The number of nitrogens with zero attached hydrogens (tertiary/aromatic N) is 2. The largest absolute Gasteiger partial charge is 0.351 e. The lowest BCUT2D eigenvalue weighted by molar-refractivity contribution is -0.384. The summed E-state index contributed by atoms with van der Waals surface area (Å²) in [4.78, 5) is 24.1. The number of aryl methyl sites for hydroxylation is 1. The zero-order valence-corrected chi connectivity index (χ0v) is 15.2. The van der Waals surface area contributed by atoms with E-state index in [0.29, 0.717) is 29.2 Å². The molecule has 0 heterocycles. The van der Waals surface area contributed by atoms with Gasteiger partial charge in [0, 0.05) is 30.2 Å². The molecule has 8 heteroatoms. The zero-order chi connectivity index (χ0) is 19.3. The standard InChI is InChI=1S/C18H19ClFN3O3/c1-12-7-13(3-6-17(12)20)9-21-18(24)11-22(2)10-14-8-15(23(25)26)4-5-16(14)19/h3-8H,9-11H2,1-2H3,(H,21,24). The molecule has 138 valence electrons. The van der Waals surface area contributed by atoms with Crippen molar-refractivity contribution in [3.8, 4) is 0 Å². The number of carbonyl (C=O) groups is 1. The quantitative estimate of drug-likeness (QED) is 0.590. The summed E-state index contributed by atoms with van der Waals surface area (Å²) in [5.41, 5.74) is 1.86. The first kappa shape index (κ1) is 19.8. The summed E-state index contributed by atoms with van der Waals surface area (Å²) in [5, 5.41) is 14.0. The van der Waals surface area contributed by atoms with E-state index in [1.807, 2.05) is 0 Å². The molecule has 0 fully saturated rings. The maximum Gasteiger partial charge on any atom is 0.269 e. The molecule has 2 aromatic rings. The lowest BCUT2D eigenvalue weighted by Gasteiger charge is -2.17. The molecule has 0 aliphatic carbocycles. The SMILES string of the molecule is Cc1cc(CNC(=O)CN(C)Cc2cc([N+](=O)[O-])ccc2Cl)ccc1F. The Labute approximate surface area is 155 Å². The molecule has 26 heavy (non-hydrogen) atoms. The minimum Gasteiger partial charge on any atom is -0.351 e. The van der Waals surface area contributed by atoms with Crippen LogP contribution in [0.2, 0.25) is 5.02 Å². The fourth-order valence-corrected chi connectivity index (χ4v) is 2.64. The highest BCUT2D eigenvalue weighted by atomic mass is 35.5. The van der Waals surface area contributed by atoms with Crippen LogP contribution in [0.4, 0.5) is 10.1 Å². The first-order valence-corrected chi connectivity index (χ1v) is 8.27. The van der Waals surface area contributed by atoms with Crippen LogP contribution in [0, 0.1) is 22.9 Å². The van der Waals surface area contributed by atoms with Crippen LogP contribution in [0.15, 0.2) is 36.4 Å². The summed E-state index contributed by atoms with van der Waals surface area (Å²) in [5.74, 6) is -0.496. The van der Waals surface area contributed by atoms with Gasteiger partial charge < -0.3 is 5.32 Å². The number of likely N-dealkylation sites (N-methyl/N-ethyl adjacent to an activating group) is 1. The lowest BCUT2D eigenvalue weighted by atomic mass is 10.1. The van der Waals surface area contributed by atoms with E-state index in [-0.39, 0.29) is 24.0 Å². The number of halogens is 2. The zero-order valence-electron chi connectivity index (χ0n) is 14.5. The third kappa shape index (κ3) is 5.50. The molecule has 0 aromatic heterocycles. The number of nitro groups is 1. The van der Waals surface area contributed by atoms with Crippen molar-refractivity contribution in [2.75, 3.05) is 13.6 Å². The molecule has 6 nitrogen and oxygen atoms in total.